The lowest BCUT2D eigenvalue weighted by molar-refractivity contribution is -0.140. The van der Waals surface area contributed by atoms with E-state index in [1.807, 2.05) is 0 Å². The van der Waals surface area contributed by atoms with Crippen LogP contribution in [0, 0.1) is 0 Å². The standard InChI is InChI=1S/C23H19F3N4O3S2/c24-23(25,26)20-18-15-19(34-22(18)30(27-20)16-7-3-1-4-8-16)21(31)28-11-13-29(14-12-28)35(32,33)17-9-5-2-6-10-17/h1-10,15H,11-14H2. The summed E-state index contributed by atoms with van der Waals surface area (Å²) in [6, 6.07) is 17.7. The molecule has 1 fully saturated rings. The first-order chi connectivity index (χ1) is 16.7. The molecule has 0 radical (unpaired) electrons. The van der Waals surface area contributed by atoms with Crippen LogP contribution >= 0.6 is 11.3 Å². The van der Waals surface area contributed by atoms with Gasteiger partial charge in [0, 0.05) is 31.6 Å². The molecule has 7 nitrogen and oxygen atoms in total. The maximum absolute atomic E-state index is 13.7. The van der Waals surface area contributed by atoms with Gasteiger partial charge in [-0.05, 0) is 30.3 Å². The number of para-hydroxylation sites is 1. The van der Waals surface area contributed by atoms with Crippen LogP contribution in [0.5, 0.6) is 0 Å². The van der Waals surface area contributed by atoms with Crippen molar-refractivity contribution in [2.75, 3.05) is 26.2 Å². The zero-order valence-corrected chi connectivity index (χ0v) is 19.8. The number of nitrogens with zero attached hydrogens (tertiary/aromatic N) is 4. The van der Waals surface area contributed by atoms with Crippen LogP contribution in [0.2, 0.25) is 0 Å². The van der Waals surface area contributed by atoms with Crippen molar-refractivity contribution in [1.29, 1.82) is 0 Å². The fourth-order valence-electron chi connectivity index (χ4n) is 4.00. The largest absolute Gasteiger partial charge is 0.435 e. The second kappa shape index (κ2) is 8.77. The first-order valence-corrected chi connectivity index (χ1v) is 12.9. The third-order valence-electron chi connectivity index (χ3n) is 5.75. The van der Waals surface area contributed by atoms with Crippen molar-refractivity contribution in [3.05, 3.63) is 77.3 Å². The molecule has 35 heavy (non-hydrogen) atoms. The first kappa shape index (κ1) is 23.5. The number of piperazine rings is 1. The molecule has 1 aliphatic heterocycles. The minimum Gasteiger partial charge on any atom is -0.335 e. The van der Waals surface area contributed by atoms with Crippen molar-refractivity contribution >= 4 is 37.5 Å². The molecular weight excluding hydrogens is 501 g/mol. The van der Waals surface area contributed by atoms with E-state index in [4.69, 9.17) is 0 Å². The van der Waals surface area contributed by atoms with Gasteiger partial charge in [-0.1, -0.05) is 36.4 Å². The average Bonchev–Trinajstić information content (AvgIpc) is 3.44. The number of carbonyl (C=O) groups is 1. The fourth-order valence-corrected chi connectivity index (χ4v) is 6.54. The summed E-state index contributed by atoms with van der Waals surface area (Å²) in [7, 11) is -3.68. The van der Waals surface area contributed by atoms with Gasteiger partial charge in [-0.3, -0.25) is 4.79 Å². The minimum absolute atomic E-state index is 0.0967. The predicted octanol–water partition coefficient (Wildman–Crippen LogP) is 4.25. The van der Waals surface area contributed by atoms with Gasteiger partial charge in [-0.25, -0.2) is 13.1 Å². The molecule has 0 aliphatic carbocycles. The molecule has 2 aromatic heterocycles. The van der Waals surface area contributed by atoms with E-state index in [1.54, 1.807) is 48.5 Å². The molecule has 1 amide bonds. The normalized spacial score (nSPS) is 15.6. The summed E-state index contributed by atoms with van der Waals surface area (Å²) in [5, 5.41) is 3.63. The third-order valence-corrected chi connectivity index (χ3v) is 8.76. The Hall–Kier alpha value is -3.22. The second-order valence-corrected chi connectivity index (χ2v) is 10.9. The van der Waals surface area contributed by atoms with E-state index in [0.29, 0.717) is 5.69 Å². The van der Waals surface area contributed by atoms with Gasteiger partial charge in [-0.15, -0.1) is 11.3 Å². The summed E-state index contributed by atoms with van der Waals surface area (Å²) in [4.78, 5) is 15.2. The van der Waals surface area contributed by atoms with E-state index < -0.39 is 27.8 Å². The van der Waals surface area contributed by atoms with Crippen molar-refractivity contribution < 1.29 is 26.4 Å². The van der Waals surface area contributed by atoms with Gasteiger partial charge in [0.05, 0.1) is 15.5 Å². The van der Waals surface area contributed by atoms with Crippen molar-refractivity contribution in [3.63, 3.8) is 0 Å². The molecule has 5 rings (SSSR count). The summed E-state index contributed by atoms with van der Waals surface area (Å²) >= 11 is 0.938. The van der Waals surface area contributed by atoms with Crippen LogP contribution in [0.4, 0.5) is 13.2 Å². The van der Waals surface area contributed by atoms with E-state index in [9.17, 15) is 26.4 Å². The summed E-state index contributed by atoms with van der Waals surface area (Å²) in [5.74, 6) is -0.435. The van der Waals surface area contributed by atoms with Crippen LogP contribution in [-0.2, 0) is 16.2 Å². The Morgan fingerprint density at radius 3 is 2.11 bits per heavy atom. The van der Waals surface area contributed by atoms with Crippen molar-refractivity contribution in [2.45, 2.75) is 11.1 Å². The van der Waals surface area contributed by atoms with Gasteiger partial charge >= 0.3 is 6.18 Å². The van der Waals surface area contributed by atoms with E-state index in [0.717, 1.165) is 11.3 Å². The molecule has 0 saturated carbocycles. The number of fused-ring (bicyclic) bond motifs is 1. The van der Waals surface area contributed by atoms with Crippen molar-refractivity contribution in [1.82, 2.24) is 19.0 Å². The fraction of sp³-hybridized carbons (Fsp3) is 0.217. The number of aromatic nitrogens is 2. The quantitative estimate of drug-likeness (QED) is 0.403. The number of alkyl halides is 3. The van der Waals surface area contributed by atoms with Gasteiger partial charge in [-0.2, -0.15) is 22.6 Å². The Labute approximate surface area is 203 Å². The van der Waals surface area contributed by atoms with Crippen LogP contribution in [0.1, 0.15) is 15.4 Å². The zero-order valence-electron chi connectivity index (χ0n) is 18.1. The minimum atomic E-state index is -4.68. The number of sulfonamides is 1. The number of thiophene rings is 1. The maximum atomic E-state index is 13.7. The number of amides is 1. The average molecular weight is 521 g/mol. The van der Waals surface area contributed by atoms with E-state index in [-0.39, 0.29) is 46.2 Å². The number of hydrogen-bond acceptors (Lipinski definition) is 5. The number of carbonyl (C=O) groups excluding carboxylic acids is 1. The van der Waals surface area contributed by atoms with Crippen LogP contribution in [-0.4, -0.2) is 59.5 Å². The predicted molar refractivity (Wildman–Crippen MR) is 125 cm³/mol. The number of halogens is 3. The molecule has 0 atom stereocenters. The summed E-state index contributed by atoms with van der Waals surface area (Å²) in [6.45, 7) is 0.463. The molecule has 0 bridgehead atoms. The van der Waals surface area contributed by atoms with Crippen LogP contribution in [0.3, 0.4) is 0 Å². The monoisotopic (exact) mass is 520 g/mol. The second-order valence-electron chi connectivity index (χ2n) is 7.93. The Kier molecular flexibility index (Phi) is 5.90. The summed E-state index contributed by atoms with van der Waals surface area (Å²) in [6.07, 6.45) is -4.68. The zero-order chi connectivity index (χ0) is 24.8. The SMILES string of the molecule is O=C(c1cc2c(C(F)(F)F)nn(-c3ccccc3)c2s1)N1CCN(S(=O)(=O)c2ccccc2)CC1. The smallest absolute Gasteiger partial charge is 0.335 e. The number of rotatable bonds is 4. The Morgan fingerprint density at radius 2 is 1.51 bits per heavy atom. The van der Waals surface area contributed by atoms with E-state index >= 15 is 0 Å². The molecule has 0 N–H and O–H groups in total. The van der Waals surface area contributed by atoms with Gasteiger partial charge in [0.1, 0.15) is 4.83 Å². The Bertz CT molecular complexity index is 1470. The molecule has 0 spiro atoms. The molecule has 4 aromatic rings. The number of hydrogen-bond donors (Lipinski definition) is 0. The highest BCUT2D eigenvalue weighted by atomic mass is 32.2. The van der Waals surface area contributed by atoms with E-state index in [2.05, 4.69) is 5.10 Å². The van der Waals surface area contributed by atoms with E-state index in [1.165, 1.54) is 32.1 Å². The highest BCUT2D eigenvalue weighted by molar-refractivity contribution is 7.89. The molecule has 182 valence electrons. The Balaban J connectivity index is 1.41. The molecule has 3 heterocycles. The lowest BCUT2D eigenvalue weighted by atomic mass is 10.2. The molecular formula is C23H19F3N4O3S2. The van der Waals surface area contributed by atoms with Crippen molar-refractivity contribution in [3.8, 4) is 5.69 Å². The van der Waals surface area contributed by atoms with Gasteiger partial charge in [0.25, 0.3) is 5.91 Å². The molecule has 2 aromatic carbocycles. The topological polar surface area (TPSA) is 75.5 Å². The Morgan fingerprint density at radius 1 is 0.914 bits per heavy atom. The highest BCUT2D eigenvalue weighted by Gasteiger charge is 2.39. The lowest BCUT2D eigenvalue weighted by Gasteiger charge is -2.33. The number of benzene rings is 2. The highest BCUT2D eigenvalue weighted by Crippen LogP contribution is 2.39. The molecule has 12 heteroatoms. The summed E-state index contributed by atoms with van der Waals surface area (Å²) in [5.41, 5.74) is -0.598. The molecule has 1 saturated heterocycles. The first-order valence-electron chi connectivity index (χ1n) is 10.7. The molecule has 0 unspecified atom stereocenters. The maximum Gasteiger partial charge on any atom is 0.435 e. The van der Waals surface area contributed by atoms with Crippen LogP contribution in [0.25, 0.3) is 15.9 Å². The van der Waals surface area contributed by atoms with Crippen LogP contribution < -0.4 is 0 Å². The van der Waals surface area contributed by atoms with Gasteiger partial charge in [0.15, 0.2) is 5.69 Å². The van der Waals surface area contributed by atoms with Gasteiger partial charge in [0.2, 0.25) is 10.0 Å². The van der Waals surface area contributed by atoms with Crippen LogP contribution in [0.15, 0.2) is 71.6 Å². The lowest BCUT2D eigenvalue weighted by Crippen LogP contribution is -2.50. The van der Waals surface area contributed by atoms with Gasteiger partial charge < -0.3 is 4.90 Å². The van der Waals surface area contributed by atoms with Crippen molar-refractivity contribution in [2.24, 2.45) is 0 Å². The molecule has 1 aliphatic rings. The third kappa shape index (κ3) is 4.32. The summed E-state index contributed by atoms with van der Waals surface area (Å²) < 4.78 is 69.2.